The van der Waals surface area contributed by atoms with Gasteiger partial charge >= 0.3 is 12.1 Å². The number of aliphatic carboxylic acids is 1. The molecular weight excluding hydrogens is 329 g/mol. The normalized spacial score (nSPS) is 11.4. The summed E-state index contributed by atoms with van der Waals surface area (Å²) in [6.45, 7) is 2.70. The molecule has 0 spiro atoms. The third-order valence-corrected chi connectivity index (χ3v) is 2.84. The van der Waals surface area contributed by atoms with E-state index >= 15 is 0 Å². The van der Waals surface area contributed by atoms with E-state index < -0.39 is 24.7 Å². The molecule has 0 unspecified atom stereocenters. The third kappa shape index (κ3) is 7.30. The molecule has 0 aliphatic carbocycles. The molecule has 1 aromatic rings. The lowest BCUT2D eigenvalue weighted by molar-refractivity contribution is -0.154. The zero-order valence-corrected chi connectivity index (χ0v) is 13.3. The highest BCUT2D eigenvalue weighted by atomic mass is 19.4. The SMILES string of the molecule is CC(C)CN(CCC(=O)O)C(=O)c1ccc(OCC(F)(F)F)nc1. The van der Waals surface area contributed by atoms with Gasteiger partial charge < -0.3 is 14.7 Å². The number of hydrogen-bond donors (Lipinski definition) is 1. The maximum Gasteiger partial charge on any atom is 0.422 e. The molecule has 1 heterocycles. The number of aromatic nitrogens is 1. The molecule has 0 saturated heterocycles. The standard InChI is InChI=1S/C15H19F3N2O4/c1-10(2)8-20(6-5-13(21)22)14(23)11-3-4-12(19-7-11)24-9-15(16,17)18/h3-4,7,10H,5-6,8-9H2,1-2H3,(H,21,22). The van der Waals surface area contributed by atoms with E-state index in [4.69, 9.17) is 5.11 Å². The van der Waals surface area contributed by atoms with E-state index in [0.717, 1.165) is 6.20 Å². The summed E-state index contributed by atoms with van der Waals surface area (Å²) in [6, 6.07) is 2.47. The van der Waals surface area contributed by atoms with Crippen molar-refractivity contribution in [3.63, 3.8) is 0 Å². The lowest BCUT2D eigenvalue weighted by Crippen LogP contribution is -2.36. The number of alkyl halides is 3. The molecule has 1 aromatic heterocycles. The quantitative estimate of drug-likeness (QED) is 0.781. The monoisotopic (exact) mass is 348 g/mol. The molecule has 1 N–H and O–H groups in total. The highest BCUT2D eigenvalue weighted by Crippen LogP contribution is 2.17. The molecule has 1 rings (SSSR count). The second kappa shape index (κ2) is 8.51. The van der Waals surface area contributed by atoms with Crippen molar-refractivity contribution in [3.8, 4) is 5.88 Å². The summed E-state index contributed by atoms with van der Waals surface area (Å²) < 4.78 is 40.7. The lowest BCUT2D eigenvalue weighted by atomic mass is 10.1. The smallest absolute Gasteiger partial charge is 0.422 e. The number of carboxylic acid groups (broad SMARTS) is 1. The molecule has 134 valence electrons. The summed E-state index contributed by atoms with van der Waals surface area (Å²) in [7, 11) is 0. The first-order valence-corrected chi connectivity index (χ1v) is 7.25. The van der Waals surface area contributed by atoms with Crippen molar-refractivity contribution in [3.05, 3.63) is 23.9 Å². The Labute approximate surface area is 137 Å². The van der Waals surface area contributed by atoms with Gasteiger partial charge in [0.05, 0.1) is 12.0 Å². The summed E-state index contributed by atoms with van der Waals surface area (Å²) >= 11 is 0. The Morgan fingerprint density at radius 1 is 1.33 bits per heavy atom. The van der Waals surface area contributed by atoms with E-state index in [1.54, 1.807) is 0 Å². The minimum absolute atomic E-state index is 0.0403. The van der Waals surface area contributed by atoms with Crippen LogP contribution in [0.25, 0.3) is 0 Å². The third-order valence-electron chi connectivity index (χ3n) is 2.84. The van der Waals surface area contributed by atoms with Gasteiger partial charge in [0.2, 0.25) is 5.88 Å². The molecule has 0 fully saturated rings. The summed E-state index contributed by atoms with van der Waals surface area (Å²) in [4.78, 5) is 28.1. The zero-order valence-electron chi connectivity index (χ0n) is 13.3. The molecule has 0 aliphatic heterocycles. The largest absolute Gasteiger partial charge is 0.481 e. The van der Waals surface area contributed by atoms with Gasteiger partial charge in [-0.25, -0.2) is 4.98 Å². The van der Waals surface area contributed by atoms with Crippen LogP contribution in [0.3, 0.4) is 0 Å². The predicted octanol–water partition coefficient (Wildman–Crippen LogP) is 2.60. The second-order valence-electron chi connectivity index (χ2n) is 5.58. The van der Waals surface area contributed by atoms with E-state index in [1.807, 2.05) is 13.8 Å². The van der Waals surface area contributed by atoms with Crippen molar-refractivity contribution in [1.29, 1.82) is 0 Å². The summed E-state index contributed by atoms with van der Waals surface area (Å²) in [6.07, 6.45) is -3.55. The second-order valence-corrected chi connectivity index (χ2v) is 5.58. The lowest BCUT2D eigenvalue weighted by Gasteiger charge is -2.24. The van der Waals surface area contributed by atoms with Crippen LogP contribution in [0, 0.1) is 5.92 Å². The fraction of sp³-hybridized carbons (Fsp3) is 0.533. The van der Waals surface area contributed by atoms with Crippen LogP contribution >= 0.6 is 0 Å². The minimum atomic E-state index is -4.47. The Balaban J connectivity index is 2.77. The Morgan fingerprint density at radius 3 is 2.46 bits per heavy atom. The van der Waals surface area contributed by atoms with Gasteiger partial charge in [0.1, 0.15) is 0 Å². The number of nitrogens with zero attached hydrogens (tertiary/aromatic N) is 2. The number of carboxylic acids is 1. The van der Waals surface area contributed by atoms with Gasteiger partial charge in [-0.3, -0.25) is 9.59 Å². The van der Waals surface area contributed by atoms with Gasteiger partial charge in [0.25, 0.3) is 5.91 Å². The molecule has 0 atom stereocenters. The summed E-state index contributed by atoms with van der Waals surface area (Å²) in [5.41, 5.74) is 0.153. The van der Waals surface area contributed by atoms with Crippen LogP contribution in [-0.4, -0.2) is 52.7 Å². The Morgan fingerprint density at radius 2 is 2.00 bits per heavy atom. The van der Waals surface area contributed by atoms with Gasteiger partial charge in [-0.2, -0.15) is 13.2 Å². The number of pyridine rings is 1. The first-order valence-electron chi connectivity index (χ1n) is 7.25. The molecule has 1 amide bonds. The Bertz CT molecular complexity index is 559. The number of amides is 1. The van der Waals surface area contributed by atoms with E-state index in [-0.39, 0.29) is 30.3 Å². The number of halogens is 3. The number of carbonyl (C=O) groups is 2. The van der Waals surface area contributed by atoms with Gasteiger partial charge in [0, 0.05) is 25.4 Å². The topological polar surface area (TPSA) is 79.7 Å². The Kier molecular flexibility index (Phi) is 6.99. The van der Waals surface area contributed by atoms with Gasteiger partial charge in [-0.15, -0.1) is 0 Å². The molecule has 0 bridgehead atoms. The van der Waals surface area contributed by atoms with Crippen molar-refractivity contribution in [2.45, 2.75) is 26.4 Å². The fourth-order valence-corrected chi connectivity index (χ4v) is 1.88. The maximum absolute atomic E-state index is 12.4. The maximum atomic E-state index is 12.4. The summed E-state index contributed by atoms with van der Waals surface area (Å²) in [5.74, 6) is -1.57. The van der Waals surface area contributed by atoms with Gasteiger partial charge in [-0.05, 0) is 12.0 Å². The molecule has 0 aromatic carbocycles. The van der Waals surface area contributed by atoms with E-state index in [1.165, 1.54) is 17.0 Å². The summed E-state index contributed by atoms with van der Waals surface area (Å²) in [5, 5.41) is 8.75. The highest BCUT2D eigenvalue weighted by molar-refractivity contribution is 5.94. The van der Waals surface area contributed by atoms with Crippen LogP contribution in [-0.2, 0) is 4.79 Å². The van der Waals surface area contributed by atoms with Crippen LogP contribution in [0.15, 0.2) is 18.3 Å². The minimum Gasteiger partial charge on any atom is -0.481 e. The van der Waals surface area contributed by atoms with E-state index in [0.29, 0.717) is 6.54 Å². The molecule has 9 heteroatoms. The number of rotatable bonds is 8. The molecule has 0 saturated carbocycles. The molecule has 24 heavy (non-hydrogen) atoms. The predicted molar refractivity (Wildman–Crippen MR) is 78.8 cm³/mol. The number of ether oxygens (including phenoxy) is 1. The zero-order chi connectivity index (χ0) is 18.3. The molecule has 0 radical (unpaired) electrons. The molecular formula is C15H19F3N2O4. The van der Waals surface area contributed by atoms with Crippen molar-refractivity contribution >= 4 is 11.9 Å². The van der Waals surface area contributed by atoms with Crippen LogP contribution in [0.1, 0.15) is 30.6 Å². The van der Waals surface area contributed by atoms with Crippen molar-refractivity contribution < 1.29 is 32.6 Å². The Hall–Kier alpha value is -2.32. The average molecular weight is 348 g/mol. The number of hydrogen-bond acceptors (Lipinski definition) is 4. The van der Waals surface area contributed by atoms with Crippen molar-refractivity contribution in [1.82, 2.24) is 9.88 Å². The van der Waals surface area contributed by atoms with Crippen molar-refractivity contribution in [2.75, 3.05) is 19.7 Å². The van der Waals surface area contributed by atoms with Crippen LogP contribution in [0.5, 0.6) is 5.88 Å². The van der Waals surface area contributed by atoms with Crippen LogP contribution in [0.4, 0.5) is 13.2 Å². The number of carbonyl (C=O) groups excluding carboxylic acids is 1. The van der Waals surface area contributed by atoms with E-state index in [9.17, 15) is 22.8 Å². The first kappa shape index (κ1) is 19.7. The average Bonchev–Trinajstić information content (AvgIpc) is 2.48. The van der Waals surface area contributed by atoms with Crippen LogP contribution < -0.4 is 4.74 Å². The van der Waals surface area contributed by atoms with E-state index in [2.05, 4.69) is 9.72 Å². The van der Waals surface area contributed by atoms with Gasteiger partial charge in [0.15, 0.2) is 6.61 Å². The molecule has 6 nitrogen and oxygen atoms in total. The first-order chi connectivity index (χ1) is 11.1. The van der Waals surface area contributed by atoms with Crippen LogP contribution in [0.2, 0.25) is 0 Å². The highest BCUT2D eigenvalue weighted by Gasteiger charge is 2.28. The van der Waals surface area contributed by atoms with Crippen molar-refractivity contribution in [2.24, 2.45) is 5.92 Å². The van der Waals surface area contributed by atoms with Gasteiger partial charge in [-0.1, -0.05) is 13.8 Å². The fourth-order valence-electron chi connectivity index (χ4n) is 1.88. The molecule has 0 aliphatic rings.